The molecule has 0 saturated carbocycles. The first kappa shape index (κ1) is 12.3. The van der Waals surface area contributed by atoms with E-state index in [2.05, 4.69) is 15.1 Å². The van der Waals surface area contributed by atoms with Crippen LogP contribution >= 0.6 is 0 Å². The third-order valence-electron chi connectivity index (χ3n) is 3.75. The highest BCUT2D eigenvalue weighted by Crippen LogP contribution is 2.16. The number of nitrogens with zero attached hydrogens (tertiary/aromatic N) is 2. The molecule has 4 heteroatoms. The highest BCUT2D eigenvalue weighted by atomic mass is 16.5. The summed E-state index contributed by atoms with van der Waals surface area (Å²) in [6.45, 7) is 9.30. The molecule has 2 rings (SSSR count). The lowest BCUT2D eigenvalue weighted by atomic mass is 10.2. The summed E-state index contributed by atoms with van der Waals surface area (Å²) in [6.07, 6.45) is 2.64. The third-order valence-corrected chi connectivity index (χ3v) is 3.75. The van der Waals surface area contributed by atoms with Crippen LogP contribution < -0.4 is 5.32 Å². The van der Waals surface area contributed by atoms with Gasteiger partial charge in [0.1, 0.15) is 0 Å². The number of methoxy groups -OCH3 is 1. The summed E-state index contributed by atoms with van der Waals surface area (Å²) >= 11 is 0. The van der Waals surface area contributed by atoms with Gasteiger partial charge in [-0.1, -0.05) is 0 Å². The molecule has 4 nitrogen and oxygen atoms in total. The van der Waals surface area contributed by atoms with Crippen molar-refractivity contribution in [3.8, 4) is 0 Å². The normalized spacial score (nSPS) is 29.4. The minimum atomic E-state index is 0.789. The Morgan fingerprint density at radius 2 is 2.19 bits per heavy atom. The maximum Gasteiger partial charge on any atom is 0.0589 e. The average Bonchev–Trinajstić information content (AvgIpc) is 2.60. The first-order valence-corrected chi connectivity index (χ1v) is 6.56. The van der Waals surface area contributed by atoms with Crippen LogP contribution in [0.3, 0.4) is 0 Å². The Morgan fingerprint density at radius 3 is 3.06 bits per heavy atom. The maximum atomic E-state index is 5.14. The van der Waals surface area contributed by atoms with Crippen molar-refractivity contribution < 1.29 is 4.74 Å². The van der Waals surface area contributed by atoms with Crippen LogP contribution in [0.2, 0.25) is 0 Å². The molecule has 1 unspecified atom stereocenters. The molecule has 16 heavy (non-hydrogen) atoms. The zero-order chi connectivity index (χ0) is 11.2. The summed E-state index contributed by atoms with van der Waals surface area (Å²) < 4.78 is 5.14. The van der Waals surface area contributed by atoms with E-state index in [1.54, 1.807) is 7.11 Å². The van der Waals surface area contributed by atoms with Crippen LogP contribution in [0.5, 0.6) is 0 Å². The molecule has 2 heterocycles. The van der Waals surface area contributed by atoms with Gasteiger partial charge in [0, 0.05) is 39.3 Å². The first-order valence-electron chi connectivity index (χ1n) is 6.56. The second kappa shape index (κ2) is 6.55. The lowest BCUT2D eigenvalue weighted by Gasteiger charge is -2.27. The van der Waals surface area contributed by atoms with Gasteiger partial charge < -0.3 is 10.1 Å². The topological polar surface area (TPSA) is 27.7 Å². The molecule has 0 aromatic carbocycles. The van der Waals surface area contributed by atoms with Crippen molar-refractivity contribution in [1.82, 2.24) is 15.1 Å². The van der Waals surface area contributed by atoms with Crippen molar-refractivity contribution in [2.75, 3.05) is 59.5 Å². The predicted octanol–water partition coefficient (Wildman–Crippen LogP) is 0.00240. The summed E-state index contributed by atoms with van der Waals surface area (Å²) in [5.41, 5.74) is 0. The Bertz CT molecular complexity index is 193. The molecule has 0 aliphatic carbocycles. The van der Waals surface area contributed by atoms with Gasteiger partial charge in [-0.15, -0.1) is 0 Å². The van der Waals surface area contributed by atoms with E-state index in [-0.39, 0.29) is 0 Å². The van der Waals surface area contributed by atoms with E-state index in [1.165, 1.54) is 45.6 Å². The van der Waals surface area contributed by atoms with Crippen molar-refractivity contribution in [2.45, 2.75) is 18.9 Å². The minimum absolute atomic E-state index is 0.789. The summed E-state index contributed by atoms with van der Waals surface area (Å²) in [7, 11) is 1.79. The van der Waals surface area contributed by atoms with Gasteiger partial charge >= 0.3 is 0 Å². The van der Waals surface area contributed by atoms with Crippen molar-refractivity contribution in [1.29, 1.82) is 0 Å². The number of nitrogens with one attached hydrogen (secondary N) is 1. The van der Waals surface area contributed by atoms with Crippen molar-refractivity contribution in [3.63, 3.8) is 0 Å². The highest BCUT2D eigenvalue weighted by molar-refractivity contribution is 4.84. The van der Waals surface area contributed by atoms with Crippen molar-refractivity contribution in [2.24, 2.45) is 0 Å². The van der Waals surface area contributed by atoms with Gasteiger partial charge in [0.05, 0.1) is 6.61 Å². The summed E-state index contributed by atoms with van der Waals surface area (Å²) in [5, 5.41) is 3.47. The number of hydrogen-bond acceptors (Lipinski definition) is 4. The molecular formula is C12H25N3O. The fourth-order valence-corrected chi connectivity index (χ4v) is 2.77. The number of rotatable bonds is 4. The van der Waals surface area contributed by atoms with Gasteiger partial charge in [0.2, 0.25) is 0 Å². The molecule has 0 aromatic rings. The Morgan fingerprint density at radius 1 is 1.25 bits per heavy atom. The predicted molar refractivity (Wildman–Crippen MR) is 65.8 cm³/mol. The van der Waals surface area contributed by atoms with Gasteiger partial charge in [-0.05, 0) is 32.5 Å². The number of ether oxygens (including phenoxy) is 1. The lowest BCUT2D eigenvalue weighted by molar-refractivity contribution is 0.150. The smallest absolute Gasteiger partial charge is 0.0589 e. The van der Waals surface area contributed by atoms with Crippen LogP contribution in [0.1, 0.15) is 12.8 Å². The van der Waals surface area contributed by atoms with E-state index in [1.807, 2.05) is 0 Å². The molecule has 2 aliphatic rings. The fraction of sp³-hybridized carbons (Fsp3) is 1.00. The standard InChI is InChI=1S/C12H25N3O/c1-16-10-9-14-7-3-12(11-14)15-6-2-4-13-5-8-15/h12-13H,2-11H2,1H3. The summed E-state index contributed by atoms with van der Waals surface area (Å²) in [6, 6.07) is 0.789. The fourth-order valence-electron chi connectivity index (χ4n) is 2.77. The Balaban J connectivity index is 1.73. The van der Waals surface area contributed by atoms with Crippen molar-refractivity contribution >= 4 is 0 Å². The molecule has 0 aromatic heterocycles. The molecular weight excluding hydrogens is 202 g/mol. The second-order valence-electron chi connectivity index (χ2n) is 4.88. The van der Waals surface area contributed by atoms with E-state index < -0.39 is 0 Å². The van der Waals surface area contributed by atoms with Crippen LogP contribution in [0.25, 0.3) is 0 Å². The Hall–Kier alpha value is -0.160. The largest absolute Gasteiger partial charge is 0.383 e. The van der Waals surface area contributed by atoms with Gasteiger partial charge in [-0.25, -0.2) is 0 Å². The quantitative estimate of drug-likeness (QED) is 0.732. The molecule has 0 spiro atoms. The van der Waals surface area contributed by atoms with E-state index >= 15 is 0 Å². The monoisotopic (exact) mass is 227 g/mol. The first-order chi connectivity index (χ1) is 7.90. The Labute approximate surface area is 98.9 Å². The van der Waals surface area contributed by atoms with Gasteiger partial charge in [-0.3, -0.25) is 9.80 Å². The van der Waals surface area contributed by atoms with Gasteiger partial charge in [0.25, 0.3) is 0 Å². The molecule has 0 radical (unpaired) electrons. The summed E-state index contributed by atoms with van der Waals surface area (Å²) in [4.78, 5) is 5.21. The molecule has 1 N–H and O–H groups in total. The number of likely N-dealkylation sites (tertiary alicyclic amines) is 1. The van der Waals surface area contributed by atoms with Crippen LogP contribution in [-0.2, 0) is 4.74 Å². The molecule has 2 aliphatic heterocycles. The van der Waals surface area contributed by atoms with E-state index in [0.717, 1.165) is 25.7 Å². The van der Waals surface area contributed by atoms with E-state index in [0.29, 0.717) is 0 Å². The van der Waals surface area contributed by atoms with Crippen LogP contribution in [0.15, 0.2) is 0 Å². The molecule has 94 valence electrons. The zero-order valence-corrected chi connectivity index (χ0v) is 10.5. The molecule has 1 atom stereocenters. The maximum absolute atomic E-state index is 5.14. The highest BCUT2D eigenvalue weighted by Gasteiger charge is 2.27. The molecule has 0 bridgehead atoms. The van der Waals surface area contributed by atoms with E-state index in [9.17, 15) is 0 Å². The zero-order valence-electron chi connectivity index (χ0n) is 10.5. The molecule has 2 saturated heterocycles. The number of hydrogen-bond donors (Lipinski definition) is 1. The van der Waals surface area contributed by atoms with Gasteiger partial charge in [0.15, 0.2) is 0 Å². The average molecular weight is 227 g/mol. The van der Waals surface area contributed by atoms with Crippen molar-refractivity contribution in [3.05, 3.63) is 0 Å². The van der Waals surface area contributed by atoms with E-state index in [4.69, 9.17) is 4.74 Å². The second-order valence-corrected chi connectivity index (χ2v) is 4.88. The third kappa shape index (κ3) is 3.42. The SMILES string of the molecule is COCCN1CCC(N2CCCNCC2)C1. The Kier molecular flexibility index (Phi) is 5.03. The lowest BCUT2D eigenvalue weighted by Crippen LogP contribution is -2.40. The molecule has 2 fully saturated rings. The van der Waals surface area contributed by atoms with Crippen LogP contribution in [-0.4, -0.2) is 75.4 Å². The molecule has 0 amide bonds. The minimum Gasteiger partial charge on any atom is -0.383 e. The van der Waals surface area contributed by atoms with Crippen LogP contribution in [0.4, 0.5) is 0 Å². The van der Waals surface area contributed by atoms with Crippen LogP contribution in [0, 0.1) is 0 Å². The summed E-state index contributed by atoms with van der Waals surface area (Å²) in [5.74, 6) is 0. The van der Waals surface area contributed by atoms with Gasteiger partial charge in [-0.2, -0.15) is 0 Å².